The fourth-order valence-corrected chi connectivity index (χ4v) is 6.36. The Morgan fingerprint density at radius 2 is 2.12 bits per heavy atom. The van der Waals surface area contributed by atoms with E-state index >= 15 is 0 Å². The summed E-state index contributed by atoms with van der Waals surface area (Å²) in [6.07, 6.45) is 5.19. The fraction of sp³-hybridized carbons (Fsp3) is 0.647. The lowest BCUT2D eigenvalue weighted by molar-refractivity contribution is -0.166. The summed E-state index contributed by atoms with van der Waals surface area (Å²) in [5.41, 5.74) is 0.955. The lowest BCUT2D eigenvalue weighted by atomic mass is 9.80. The second kappa shape index (κ2) is 5.64. The number of aromatic nitrogens is 3. The molecule has 2 saturated heterocycles. The van der Waals surface area contributed by atoms with Crippen LogP contribution in [0.1, 0.15) is 12.8 Å². The Hall–Kier alpha value is -1.71. The Kier molecular flexibility index (Phi) is 3.57. The zero-order valence-electron chi connectivity index (χ0n) is 14.8. The number of nitrogens with zero attached hydrogens (tertiary/aromatic N) is 4. The molecule has 1 saturated carbocycles. The monoisotopic (exact) mass is 377 g/mol. The highest BCUT2D eigenvalue weighted by molar-refractivity contribution is 7.89. The maximum atomic E-state index is 12.6. The van der Waals surface area contributed by atoms with E-state index in [-0.39, 0.29) is 17.1 Å². The average Bonchev–Trinajstić information content (AvgIpc) is 2.95. The first kappa shape index (κ1) is 16.5. The third-order valence-electron chi connectivity index (χ3n) is 6.11. The van der Waals surface area contributed by atoms with Crippen LogP contribution in [-0.2, 0) is 14.8 Å². The van der Waals surface area contributed by atoms with Crippen molar-refractivity contribution < 1.29 is 13.2 Å². The molecule has 9 heteroatoms. The third-order valence-corrected chi connectivity index (χ3v) is 8.04. The van der Waals surface area contributed by atoms with Gasteiger partial charge in [0, 0.05) is 37.8 Å². The summed E-state index contributed by atoms with van der Waals surface area (Å²) in [7, 11) is -1.11. The summed E-state index contributed by atoms with van der Waals surface area (Å²) >= 11 is 0. The lowest BCUT2D eigenvalue weighted by Gasteiger charge is -2.54. The molecule has 2 aromatic rings. The summed E-state index contributed by atoms with van der Waals surface area (Å²) in [6.45, 7) is 2.69. The second-order valence-corrected chi connectivity index (χ2v) is 10.1. The van der Waals surface area contributed by atoms with E-state index in [2.05, 4.69) is 19.9 Å². The minimum Gasteiger partial charge on any atom is -0.380 e. The fourth-order valence-electron chi connectivity index (χ4n) is 4.34. The zero-order chi connectivity index (χ0) is 17.9. The number of H-pyrrole nitrogens is 1. The average molecular weight is 377 g/mol. The molecule has 1 aliphatic carbocycles. The summed E-state index contributed by atoms with van der Waals surface area (Å²) in [5.74, 6) is 1.39. The zero-order valence-corrected chi connectivity index (χ0v) is 15.6. The van der Waals surface area contributed by atoms with Gasteiger partial charge < -0.3 is 14.6 Å². The number of aromatic amines is 1. The molecule has 26 heavy (non-hydrogen) atoms. The van der Waals surface area contributed by atoms with E-state index in [1.54, 1.807) is 10.6 Å². The predicted octanol–water partition coefficient (Wildman–Crippen LogP) is 0.835. The van der Waals surface area contributed by atoms with Crippen LogP contribution in [0.2, 0.25) is 0 Å². The Balaban J connectivity index is 1.19. The molecule has 2 aliphatic heterocycles. The van der Waals surface area contributed by atoms with Crippen molar-refractivity contribution >= 4 is 26.9 Å². The molecule has 0 atom stereocenters. The van der Waals surface area contributed by atoms with Crippen molar-refractivity contribution in [2.75, 3.05) is 44.0 Å². The number of sulfonamides is 1. The highest BCUT2D eigenvalue weighted by Gasteiger charge is 2.53. The Morgan fingerprint density at radius 3 is 2.81 bits per heavy atom. The van der Waals surface area contributed by atoms with Gasteiger partial charge in [-0.05, 0) is 24.8 Å². The standard InChI is InChI=1S/C17H23N5O3S/c1-21(16-14-2-3-18-15(14)19-11-20-16)13-4-12(5-13)6-26(23,24)22-7-17(8-22)9-25-10-17/h2-3,11-13H,4-10H2,1H3,(H,18,19,20)/t12-,13+. The van der Waals surface area contributed by atoms with Crippen molar-refractivity contribution in [3.63, 3.8) is 0 Å². The minimum absolute atomic E-state index is 0.129. The summed E-state index contributed by atoms with van der Waals surface area (Å²) in [6, 6.07) is 2.30. The molecule has 5 rings (SSSR count). The second-order valence-electron chi connectivity index (χ2n) is 8.08. The van der Waals surface area contributed by atoms with Gasteiger partial charge in [-0.2, -0.15) is 0 Å². The lowest BCUT2D eigenvalue weighted by Crippen LogP contribution is -2.67. The molecule has 0 amide bonds. The highest BCUT2D eigenvalue weighted by atomic mass is 32.2. The minimum atomic E-state index is -3.14. The maximum absolute atomic E-state index is 12.6. The Bertz CT molecular complexity index is 925. The number of hydrogen-bond acceptors (Lipinski definition) is 6. The molecule has 4 heterocycles. The predicted molar refractivity (Wildman–Crippen MR) is 97.4 cm³/mol. The molecular formula is C17H23N5O3S. The van der Waals surface area contributed by atoms with Gasteiger partial charge >= 0.3 is 0 Å². The molecule has 8 nitrogen and oxygen atoms in total. The summed E-state index contributed by atoms with van der Waals surface area (Å²) in [4.78, 5) is 13.9. The van der Waals surface area contributed by atoms with Crippen LogP contribution in [0.15, 0.2) is 18.6 Å². The Morgan fingerprint density at radius 1 is 1.35 bits per heavy atom. The normalized spacial score (nSPS) is 27.7. The maximum Gasteiger partial charge on any atom is 0.214 e. The van der Waals surface area contributed by atoms with Gasteiger partial charge in [-0.25, -0.2) is 22.7 Å². The largest absolute Gasteiger partial charge is 0.380 e. The van der Waals surface area contributed by atoms with Crippen LogP contribution in [0, 0.1) is 11.3 Å². The molecule has 3 aliphatic rings. The van der Waals surface area contributed by atoms with E-state index in [1.165, 1.54) is 0 Å². The molecule has 0 unspecified atom stereocenters. The molecule has 0 bridgehead atoms. The van der Waals surface area contributed by atoms with Crippen LogP contribution in [0.25, 0.3) is 11.0 Å². The van der Waals surface area contributed by atoms with Crippen molar-refractivity contribution in [2.24, 2.45) is 11.3 Å². The topological polar surface area (TPSA) is 91.4 Å². The van der Waals surface area contributed by atoms with Gasteiger partial charge in [0.05, 0.1) is 24.4 Å². The molecule has 1 spiro atoms. The first-order chi connectivity index (χ1) is 12.5. The van der Waals surface area contributed by atoms with Gasteiger partial charge in [0.1, 0.15) is 17.8 Å². The van der Waals surface area contributed by atoms with Crippen LogP contribution in [-0.4, -0.2) is 72.8 Å². The first-order valence-corrected chi connectivity index (χ1v) is 10.6. The van der Waals surface area contributed by atoms with Crippen molar-refractivity contribution in [3.05, 3.63) is 18.6 Å². The molecule has 0 radical (unpaired) electrons. The van der Waals surface area contributed by atoms with Crippen LogP contribution in [0.3, 0.4) is 0 Å². The number of fused-ring (bicyclic) bond motifs is 1. The van der Waals surface area contributed by atoms with E-state index in [0.717, 1.165) is 29.7 Å². The van der Waals surface area contributed by atoms with Crippen LogP contribution in [0.4, 0.5) is 5.82 Å². The van der Waals surface area contributed by atoms with Gasteiger partial charge in [0.2, 0.25) is 10.0 Å². The van der Waals surface area contributed by atoms with Gasteiger partial charge in [-0.1, -0.05) is 0 Å². The van der Waals surface area contributed by atoms with Crippen LogP contribution in [0.5, 0.6) is 0 Å². The van der Waals surface area contributed by atoms with E-state index in [1.807, 2.05) is 19.3 Å². The van der Waals surface area contributed by atoms with Crippen LogP contribution >= 0.6 is 0 Å². The number of ether oxygens (including phenoxy) is 1. The molecule has 140 valence electrons. The SMILES string of the molecule is CN(c1ncnc2[nH]ccc12)[C@H]1C[C@@H](CS(=O)(=O)N2CC3(COC3)C2)C1. The van der Waals surface area contributed by atoms with Crippen LogP contribution < -0.4 is 4.90 Å². The van der Waals surface area contributed by atoms with Gasteiger partial charge in [0.15, 0.2) is 0 Å². The number of rotatable bonds is 5. The highest BCUT2D eigenvalue weighted by Crippen LogP contribution is 2.41. The summed E-state index contributed by atoms with van der Waals surface area (Å²) < 4.78 is 32.0. The smallest absolute Gasteiger partial charge is 0.214 e. The van der Waals surface area contributed by atoms with Crippen molar-refractivity contribution in [1.29, 1.82) is 0 Å². The summed E-state index contributed by atoms with van der Waals surface area (Å²) in [5, 5.41) is 1.000. The molecule has 2 aromatic heterocycles. The third kappa shape index (κ3) is 2.52. The van der Waals surface area contributed by atoms with E-state index in [0.29, 0.717) is 32.3 Å². The molecule has 3 fully saturated rings. The quantitative estimate of drug-likeness (QED) is 0.830. The number of anilines is 1. The van der Waals surface area contributed by atoms with Crippen molar-refractivity contribution in [2.45, 2.75) is 18.9 Å². The van der Waals surface area contributed by atoms with Gasteiger partial charge in [0.25, 0.3) is 0 Å². The van der Waals surface area contributed by atoms with Gasteiger partial charge in [-0.3, -0.25) is 0 Å². The first-order valence-electron chi connectivity index (χ1n) is 9.02. The Labute approximate surface area is 152 Å². The number of nitrogens with one attached hydrogen (secondary N) is 1. The van der Waals surface area contributed by atoms with Gasteiger partial charge in [-0.15, -0.1) is 0 Å². The number of hydrogen-bond donors (Lipinski definition) is 1. The van der Waals surface area contributed by atoms with Crippen molar-refractivity contribution in [3.8, 4) is 0 Å². The molecule has 1 N–H and O–H groups in total. The molecular weight excluding hydrogens is 354 g/mol. The van der Waals surface area contributed by atoms with E-state index in [4.69, 9.17) is 4.74 Å². The van der Waals surface area contributed by atoms with E-state index < -0.39 is 10.0 Å². The van der Waals surface area contributed by atoms with Crippen molar-refractivity contribution in [1.82, 2.24) is 19.3 Å². The molecule has 0 aromatic carbocycles. The van der Waals surface area contributed by atoms with E-state index in [9.17, 15) is 8.42 Å².